The highest BCUT2D eigenvalue weighted by Gasteiger charge is 2.24. The average Bonchev–Trinajstić information content (AvgIpc) is 3.03. The highest BCUT2D eigenvalue weighted by molar-refractivity contribution is 7.99. The number of rotatable bonds is 7. The van der Waals surface area contributed by atoms with E-state index < -0.39 is 0 Å². The summed E-state index contributed by atoms with van der Waals surface area (Å²) >= 11 is 1.52. The van der Waals surface area contributed by atoms with Gasteiger partial charge in [-0.2, -0.15) is 0 Å². The molecule has 0 unspecified atom stereocenters. The Morgan fingerprint density at radius 3 is 2.77 bits per heavy atom. The van der Waals surface area contributed by atoms with Crippen molar-refractivity contribution in [2.24, 2.45) is 0 Å². The molecule has 6 heteroatoms. The monoisotopic (exact) mass is 372 g/mol. The van der Waals surface area contributed by atoms with Crippen molar-refractivity contribution in [2.45, 2.75) is 63.7 Å². The van der Waals surface area contributed by atoms with E-state index in [1.54, 1.807) is 0 Å². The van der Waals surface area contributed by atoms with Crippen LogP contribution in [0.4, 0.5) is 0 Å². The summed E-state index contributed by atoms with van der Waals surface area (Å²) in [5.41, 5.74) is 1.23. The number of benzene rings is 1. The molecule has 1 saturated heterocycles. The molecule has 1 atom stereocenters. The van der Waals surface area contributed by atoms with Crippen molar-refractivity contribution in [3.05, 3.63) is 41.7 Å². The number of carbonyl (C=O) groups excluding carboxylic acids is 1. The molecule has 5 nitrogen and oxygen atoms in total. The molecular formula is C20H28N4OS. The smallest absolute Gasteiger partial charge is 0.233 e. The Balaban J connectivity index is 1.66. The zero-order valence-corrected chi connectivity index (χ0v) is 16.5. The molecule has 1 aliphatic heterocycles. The van der Waals surface area contributed by atoms with Gasteiger partial charge in [-0.15, -0.1) is 10.2 Å². The lowest BCUT2D eigenvalue weighted by molar-refractivity contribution is -0.131. The molecule has 1 fully saturated rings. The predicted molar refractivity (Wildman–Crippen MR) is 105 cm³/mol. The van der Waals surface area contributed by atoms with E-state index in [0.717, 1.165) is 49.8 Å². The third kappa shape index (κ3) is 4.67. The maximum absolute atomic E-state index is 12.6. The summed E-state index contributed by atoms with van der Waals surface area (Å²) in [4.78, 5) is 14.6. The second-order valence-corrected chi connectivity index (χ2v) is 7.88. The minimum absolute atomic E-state index is 0.220. The second-order valence-electron chi connectivity index (χ2n) is 6.93. The average molecular weight is 373 g/mol. The lowest BCUT2D eigenvalue weighted by Gasteiger charge is -2.33. The van der Waals surface area contributed by atoms with Gasteiger partial charge in [0.1, 0.15) is 5.82 Å². The van der Waals surface area contributed by atoms with Crippen LogP contribution in [0.2, 0.25) is 0 Å². The first-order valence-electron chi connectivity index (χ1n) is 9.57. The zero-order valence-electron chi connectivity index (χ0n) is 15.7. The molecule has 1 aromatic carbocycles. The number of thioether (sulfide) groups is 1. The summed E-state index contributed by atoms with van der Waals surface area (Å²) in [5.74, 6) is 1.63. The summed E-state index contributed by atoms with van der Waals surface area (Å²) < 4.78 is 2.17. The molecule has 1 aromatic heterocycles. The summed E-state index contributed by atoms with van der Waals surface area (Å²) in [6.45, 7) is 6.08. The van der Waals surface area contributed by atoms with Crippen LogP contribution in [-0.4, -0.2) is 43.9 Å². The Kier molecular flexibility index (Phi) is 6.72. The Hall–Kier alpha value is -1.82. The highest BCUT2D eigenvalue weighted by atomic mass is 32.2. The van der Waals surface area contributed by atoms with Gasteiger partial charge in [-0.1, -0.05) is 49.0 Å². The minimum atomic E-state index is 0.220. The Labute approximate surface area is 160 Å². The van der Waals surface area contributed by atoms with Gasteiger partial charge in [0.15, 0.2) is 5.16 Å². The second kappa shape index (κ2) is 9.21. The number of hydrogen-bond donors (Lipinski definition) is 0. The molecule has 0 radical (unpaired) electrons. The Morgan fingerprint density at radius 1 is 1.23 bits per heavy atom. The van der Waals surface area contributed by atoms with Gasteiger partial charge in [-0.05, 0) is 38.2 Å². The number of piperidine rings is 1. The molecule has 0 bridgehead atoms. The fraction of sp³-hybridized carbons (Fsp3) is 0.550. The van der Waals surface area contributed by atoms with Crippen molar-refractivity contribution < 1.29 is 4.79 Å². The third-order valence-corrected chi connectivity index (χ3v) is 5.85. The quantitative estimate of drug-likeness (QED) is 0.694. The Bertz CT molecular complexity index is 716. The maximum atomic E-state index is 12.6. The van der Waals surface area contributed by atoms with Crippen molar-refractivity contribution >= 4 is 17.7 Å². The minimum Gasteiger partial charge on any atom is -0.339 e. The van der Waals surface area contributed by atoms with Crippen molar-refractivity contribution in [1.82, 2.24) is 19.7 Å². The fourth-order valence-corrected chi connectivity index (χ4v) is 4.33. The Morgan fingerprint density at radius 2 is 2.04 bits per heavy atom. The van der Waals surface area contributed by atoms with Gasteiger partial charge in [0.05, 0.1) is 5.75 Å². The fourth-order valence-electron chi connectivity index (χ4n) is 3.46. The van der Waals surface area contributed by atoms with Crippen LogP contribution in [0.5, 0.6) is 0 Å². The molecule has 2 heterocycles. The lowest BCUT2D eigenvalue weighted by atomic mass is 10.0. The number of carbonyl (C=O) groups is 1. The maximum Gasteiger partial charge on any atom is 0.233 e. The molecule has 0 aliphatic carbocycles. The van der Waals surface area contributed by atoms with E-state index in [9.17, 15) is 4.79 Å². The van der Waals surface area contributed by atoms with E-state index in [2.05, 4.69) is 40.7 Å². The SMILES string of the molecule is CCCn1c(Cc2ccccc2)nnc1SCC(=O)N1CCCC[C@H]1C. The molecule has 1 aliphatic rings. The van der Waals surface area contributed by atoms with E-state index in [4.69, 9.17) is 0 Å². The topological polar surface area (TPSA) is 51.0 Å². The van der Waals surface area contributed by atoms with E-state index in [-0.39, 0.29) is 5.91 Å². The van der Waals surface area contributed by atoms with Crippen molar-refractivity contribution in [2.75, 3.05) is 12.3 Å². The van der Waals surface area contributed by atoms with Crippen molar-refractivity contribution in [3.8, 4) is 0 Å². The van der Waals surface area contributed by atoms with Crippen LogP contribution >= 0.6 is 11.8 Å². The summed E-state index contributed by atoms with van der Waals surface area (Å²) in [7, 11) is 0. The first-order valence-corrected chi connectivity index (χ1v) is 10.6. The van der Waals surface area contributed by atoms with Gasteiger partial charge in [-0.25, -0.2) is 0 Å². The number of likely N-dealkylation sites (tertiary alicyclic amines) is 1. The molecule has 3 rings (SSSR count). The summed E-state index contributed by atoms with van der Waals surface area (Å²) in [5, 5.41) is 9.63. The standard InChI is InChI=1S/C20H28N4OS/c1-3-12-24-18(14-17-10-5-4-6-11-17)21-22-20(24)26-15-19(25)23-13-8-7-9-16(23)2/h4-6,10-11,16H,3,7-9,12-15H2,1-2H3/t16-/m1/s1. The van der Waals surface area contributed by atoms with Gasteiger partial charge in [-0.3, -0.25) is 4.79 Å². The van der Waals surface area contributed by atoms with Crippen LogP contribution in [0.3, 0.4) is 0 Å². The normalized spacial score (nSPS) is 17.5. The van der Waals surface area contributed by atoms with Gasteiger partial charge in [0.2, 0.25) is 5.91 Å². The van der Waals surface area contributed by atoms with Gasteiger partial charge < -0.3 is 9.47 Å². The third-order valence-electron chi connectivity index (χ3n) is 4.89. The van der Waals surface area contributed by atoms with E-state index in [0.29, 0.717) is 11.8 Å². The molecule has 0 saturated carbocycles. The van der Waals surface area contributed by atoms with Crippen LogP contribution in [0.1, 0.15) is 50.9 Å². The molecule has 26 heavy (non-hydrogen) atoms. The molecule has 0 spiro atoms. The summed E-state index contributed by atoms with van der Waals surface area (Å²) in [6, 6.07) is 10.7. The molecule has 0 N–H and O–H groups in total. The first-order chi connectivity index (χ1) is 12.7. The van der Waals surface area contributed by atoms with E-state index in [1.165, 1.54) is 23.7 Å². The van der Waals surface area contributed by atoms with Crippen LogP contribution in [-0.2, 0) is 17.8 Å². The van der Waals surface area contributed by atoms with Crippen LogP contribution in [0.25, 0.3) is 0 Å². The summed E-state index contributed by atoms with van der Waals surface area (Å²) in [6.07, 6.45) is 5.25. The first kappa shape index (κ1) is 19.0. The molecular weight excluding hydrogens is 344 g/mol. The highest BCUT2D eigenvalue weighted by Crippen LogP contribution is 2.22. The van der Waals surface area contributed by atoms with Crippen molar-refractivity contribution in [1.29, 1.82) is 0 Å². The van der Waals surface area contributed by atoms with E-state index in [1.807, 2.05) is 23.1 Å². The predicted octanol–water partition coefficient (Wildman–Crippen LogP) is 3.77. The van der Waals surface area contributed by atoms with E-state index >= 15 is 0 Å². The molecule has 1 amide bonds. The van der Waals surface area contributed by atoms with Gasteiger partial charge in [0, 0.05) is 25.6 Å². The number of amides is 1. The molecule has 140 valence electrons. The largest absolute Gasteiger partial charge is 0.339 e. The van der Waals surface area contributed by atoms with Crippen LogP contribution in [0, 0.1) is 0 Å². The van der Waals surface area contributed by atoms with Crippen LogP contribution < -0.4 is 0 Å². The van der Waals surface area contributed by atoms with Gasteiger partial charge >= 0.3 is 0 Å². The zero-order chi connectivity index (χ0) is 18.4. The molecule has 2 aromatic rings. The van der Waals surface area contributed by atoms with Crippen molar-refractivity contribution in [3.63, 3.8) is 0 Å². The van der Waals surface area contributed by atoms with Crippen LogP contribution in [0.15, 0.2) is 35.5 Å². The number of hydrogen-bond acceptors (Lipinski definition) is 4. The van der Waals surface area contributed by atoms with Gasteiger partial charge in [0.25, 0.3) is 0 Å². The number of aromatic nitrogens is 3. The number of nitrogens with zero attached hydrogens (tertiary/aromatic N) is 4. The lowest BCUT2D eigenvalue weighted by Crippen LogP contribution is -2.43.